The Morgan fingerprint density at radius 2 is 2.08 bits per heavy atom. The third kappa shape index (κ3) is 1.97. The Kier molecular flexibility index (Phi) is 2.55. The van der Waals surface area contributed by atoms with E-state index in [4.69, 9.17) is 0 Å². The first-order valence-corrected chi connectivity index (χ1v) is 4.52. The standard InChI is InChI=1S/C12H16O/c1-5-9-7-6-8-10(11(9)13)12(2,3)4/h5-8,10H,1H2,2-4H3. The van der Waals surface area contributed by atoms with Gasteiger partial charge in [0.05, 0.1) is 0 Å². The van der Waals surface area contributed by atoms with Crippen molar-refractivity contribution in [1.82, 2.24) is 0 Å². The normalized spacial score (nSPS) is 22.8. The van der Waals surface area contributed by atoms with Gasteiger partial charge in [-0.3, -0.25) is 4.79 Å². The molecule has 0 amide bonds. The molecule has 0 aromatic heterocycles. The highest BCUT2D eigenvalue weighted by molar-refractivity contribution is 6.02. The Morgan fingerprint density at radius 3 is 2.54 bits per heavy atom. The third-order valence-electron chi connectivity index (χ3n) is 2.30. The molecule has 1 unspecified atom stereocenters. The number of carbonyl (C=O) groups excluding carboxylic acids is 1. The summed E-state index contributed by atoms with van der Waals surface area (Å²) in [6.07, 6.45) is 7.35. The molecule has 1 aliphatic rings. The molecule has 0 N–H and O–H groups in total. The molecule has 0 fully saturated rings. The molecule has 0 aromatic rings. The zero-order chi connectivity index (χ0) is 10.1. The topological polar surface area (TPSA) is 17.1 Å². The second-order valence-electron chi connectivity index (χ2n) is 4.42. The first kappa shape index (κ1) is 9.97. The van der Waals surface area contributed by atoms with Crippen molar-refractivity contribution in [1.29, 1.82) is 0 Å². The molecule has 0 saturated heterocycles. The molecule has 0 saturated carbocycles. The zero-order valence-corrected chi connectivity index (χ0v) is 8.50. The summed E-state index contributed by atoms with van der Waals surface area (Å²) in [5.74, 6) is 0.176. The number of hydrogen-bond donors (Lipinski definition) is 0. The van der Waals surface area contributed by atoms with Crippen molar-refractivity contribution in [2.24, 2.45) is 11.3 Å². The molecule has 13 heavy (non-hydrogen) atoms. The maximum atomic E-state index is 11.8. The fraction of sp³-hybridized carbons (Fsp3) is 0.417. The van der Waals surface area contributed by atoms with Crippen molar-refractivity contribution < 1.29 is 4.79 Å². The van der Waals surface area contributed by atoms with Crippen LogP contribution in [0.3, 0.4) is 0 Å². The van der Waals surface area contributed by atoms with E-state index in [1.807, 2.05) is 18.2 Å². The average Bonchev–Trinajstić information content (AvgIpc) is 2.02. The van der Waals surface area contributed by atoms with Crippen LogP contribution in [0.4, 0.5) is 0 Å². The van der Waals surface area contributed by atoms with Gasteiger partial charge >= 0.3 is 0 Å². The molecule has 70 valence electrons. The number of hydrogen-bond acceptors (Lipinski definition) is 1. The summed E-state index contributed by atoms with van der Waals surface area (Å²) in [7, 11) is 0. The Labute approximate surface area is 79.8 Å². The maximum Gasteiger partial charge on any atom is 0.170 e. The van der Waals surface area contributed by atoms with E-state index in [-0.39, 0.29) is 17.1 Å². The van der Waals surface area contributed by atoms with Gasteiger partial charge < -0.3 is 0 Å². The van der Waals surface area contributed by atoms with Crippen molar-refractivity contribution in [3.63, 3.8) is 0 Å². The van der Waals surface area contributed by atoms with Gasteiger partial charge in [0, 0.05) is 11.5 Å². The molecule has 1 nitrogen and oxygen atoms in total. The number of rotatable bonds is 1. The second kappa shape index (κ2) is 3.33. The van der Waals surface area contributed by atoms with Gasteiger partial charge in [-0.05, 0) is 5.41 Å². The lowest BCUT2D eigenvalue weighted by molar-refractivity contribution is -0.120. The summed E-state index contributed by atoms with van der Waals surface area (Å²) in [6, 6.07) is 0. The number of allylic oxidation sites excluding steroid dienone is 5. The van der Waals surface area contributed by atoms with Crippen molar-refractivity contribution >= 4 is 5.78 Å². The molecule has 0 radical (unpaired) electrons. The fourth-order valence-electron chi connectivity index (χ4n) is 1.47. The zero-order valence-electron chi connectivity index (χ0n) is 8.50. The highest BCUT2D eigenvalue weighted by atomic mass is 16.1. The molecule has 0 bridgehead atoms. The number of Topliss-reactive ketones (excluding diaryl/α,β-unsaturated/α-hetero) is 1. The lowest BCUT2D eigenvalue weighted by atomic mass is 9.74. The van der Waals surface area contributed by atoms with Gasteiger partial charge in [-0.15, -0.1) is 0 Å². The maximum absolute atomic E-state index is 11.8. The summed E-state index contributed by atoms with van der Waals surface area (Å²) in [5.41, 5.74) is 0.721. The predicted octanol–water partition coefficient (Wildman–Crippen LogP) is 2.90. The first-order chi connectivity index (χ1) is 5.96. The Hall–Kier alpha value is -1.11. The van der Waals surface area contributed by atoms with E-state index in [0.717, 1.165) is 5.57 Å². The van der Waals surface area contributed by atoms with Crippen LogP contribution in [0.5, 0.6) is 0 Å². The van der Waals surface area contributed by atoms with Gasteiger partial charge in [-0.25, -0.2) is 0 Å². The van der Waals surface area contributed by atoms with Crippen LogP contribution in [0, 0.1) is 11.3 Å². The summed E-state index contributed by atoms with van der Waals surface area (Å²) < 4.78 is 0. The summed E-state index contributed by atoms with van der Waals surface area (Å²) in [5, 5.41) is 0. The minimum Gasteiger partial charge on any atom is -0.293 e. The van der Waals surface area contributed by atoms with E-state index in [9.17, 15) is 4.79 Å². The van der Waals surface area contributed by atoms with Crippen molar-refractivity contribution in [3.8, 4) is 0 Å². The quantitative estimate of drug-likeness (QED) is 0.600. The van der Waals surface area contributed by atoms with Gasteiger partial charge in [0.25, 0.3) is 0 Å². The highest BCUT2D eigenvalue weighted by Gasteiger charge is 2.31. The van der Waals surface area contributed by atoms with Gasteiger partial charge in [0.2, 0.25) is 0 Å². The van der Waals surface area contributed by atoms with E-state index in [2.05, 4.69) is 27.4 Å². The molecule has 0 heterocycles. The molecule has 1 atom stereocenters. The van der Waals surface area contributed by atoms with E-state index >= 15 is 0 Å². The van der Waals surface area contributed by atoms with Crippen LogP contribution in [0.25, 0.3) is 0 Å². The van der Waals surface area contributed by atoms with Crippen LogP contribution >= 0.6 is 0 Å². The smallest absolute Gasteiger partial charge is 0.170 e. The van der Waals surface area contributed by atoms with Crippen LogP contribution in [-0.4, -0.2) is 5.78 Å². The molecule has 1 aliphatic carbocycles. The van der Waals surface area contributed by atoms with Crippen LogP contribution in [0.2, 0.25) is 0 Å². The summed E-state index contributed by atoms with van der Waals surface area (Å²) in [4.78, 5) is 11.8. The molecule has 1 heteroatoms. The van der Waals surface area contributed by atoms with Crippen molar-refractivity contribution in [2.45, 2.75) is 20.8 Å². The van der Waals surface area contributed by atoms with E-state index < -0.39 is 0 Å². The van der Waals surface area contributed by atoms with Crippen LogP contribution in [0.15, 0.2) is 36.5 Å². The first-order valence-electron chi connectivity index (χ1n) is 4.52. The van der Waals surface area contributed by atoms with Gasteiger partial charge in [0.15, 0.2) is 5.78 Å². The lowest BCUT2D eigenvalue weighted by Gasteiger charge is -2.28. The average molecular weight is 176 g/mol. The largest absolute Gasteiger partial charge is 0.293 e. The molecule has 0 aliphatic heterocycles. The molecule has 0 spiro atoms. The number of ketones is 1. The van der Waals surface area contributed by atoms with E-state index in [0.29, 0.717) is 0 Å². The Balaban J connectivity index is 2.97. The summed E-state index contributed by atoms with van der Waals surface area (Å²) >= 11 is 0. The predicted molar refractivity (Wildman–Crippen MR) is 55.4 cm³/mol. The van der Waals surface area contributed by atoms with Gasteiger partial charge in [-0.2, -0.15) is 0 Å². The molecular formula is C12H16O. The minimum atomic E-state index is -0.00880. The van der Waals surface area contributed by atoms with Crippen LogP contribution < -0.4 is 0 Å². The lowest BCUT2D eigenvalue weighted by Crippen LogP contribution is -2.28. The molecular weight excluding hydrogens is 160 g/mol. The van der Waals surface area contributed by atoms with Gasteiger partial charge in [-0.1, -0.05) is 51.7 Å². The van der Waals surface area contributed by atoms with Crippen molar-refractivity contribution in [3.05, 3.63) is 36.5 Å². The second-order valence-corrected chi connectivity index (χ2v) is 4.42. The number of carbonyl (C=O) groups is 1. The SMILES string of the molecule is C=CC1=CC=CC(C(C)(C)C)C1=O. The van der Waals surface area contributed by atoms with E-state index in [1.54, 1.807) is 6.08 Å². The third-order valence-corrected chi connectivity index (χ3v) is 2.30. The molecule has 1 rings (SSSR count). The minimum absolute atomic E-state index is 0.00387. The van der Waals surface area contributed by atoms with E-state index in [1.165, 1.54) is 0 Å². The highest BCUT2D eigenvalue weighted by Crippen LogP contribution is 2.32. The van der Waals surface area contributed by atoms with Crippen LogP contribution in [0.1, 0.15) is 20.8 Å². The monoisotopic (exact) mass is 176 g/mol. The fourth-order valence-corrected chi connectivity index (χ4v) is 1.47. The Morgan fingerprint density at radius 1 is 1.46 bits per heavy atom. The van der Waals surface area contributed by atoms with Crippen LogP contribution in [-0.2, 0) is 4.79 Å². The Bertz CT molecular complexity index is 287. The van der Waals surface area contributed by atoms with Crippen molar-refractivity contribution in [2.75, 3.05) is 0 Å². The van der Waals surface area contributed by atoms with Gasteiger partial charge in [0.1, 0.15) is 0 Å². The molecule has 0 aromatic carbocycles. The summed E-state index contributed by atoms with van der Waals surface area (Å²) in [6.45, 7) is 9.85.